The molecule has 0 radical (unpaired) electrons. The Labute approximate surface area is 142 Å². The summed E-state index contributed by atoms with van der Waals surface area (Å²) in [6.45, 7) is 3.77. The van der Waals surface area contributed by atoms with Crippen LogP contribution in [-0.2, 0) is 9.47 Å². The molecule has 2 aliphatic heterocycles. The lowest BCUT2D eigenvalue weighted by Crippen LogP contribution is -2.48. The van der Waals surface area contributed by atoms with Gasteiger partial charge in [0, 0.05) is 58.9 Å². The molecule has 0 bridgehead atoms. The Balaban J connectivity index is 1.56. The van der Waals surface area contributed by atoms with Crippen molar-refractivity contribution in [2.24, 2.45) is 0 Å². The Morgan fingerprint density at radius 1 is 1.29 bits per heavy atom. The van der Waals surface area contributed by atoms with Crippen LogP contribution < -0.4 is 4.74 Å². The summed E-state index contributed by atoms with van der Waals surface area (Å²) < 4.78 is 30.1. The fraction of sp³-hybridized carbons (Fsp3) is 0.667. The van der Waals surface area contributed by atoms with Gasteiger partial charge in [-0.25, -0.2) is 4.39 Å². The first kappa shape index (κ1) is 17.6. The van der Waals surface area contributed by atoms with Gasteiger partial charge in [0.2, 0.25) is 0 Å². The van der Waals surface area contributed by atoms with Crippen LogP contribution in [0.4, 0.5) is 4.39 Å². The summed E-state index contributed by atoms with van der Waals surface area (Å²) in [5.41, 5.74) is -1.10. The minimum absolute atomic E-state index is 0.311. The molecule has 134 valence electrons. The predicted molar refractivity (Wildman–Crippen MR) is 87.7 cm³/mol. The minimum Gasteiger partial charge on any atom is -0.490 e. The summed E-state index contributed by atoms with van der Waals surface area (Å²) >= 11 is 0. The van der Waals surface area contributed by atoms with E-state index in [9.17, 15) is 9.50 Å². The summed E-state index contributed by atoms with van der Waals surface area (Å²) in [5.74, 6) is 0.196. The Morgan fingerprint density at radius 2 is 2.08 bits per heavy atom. The third kappa shape index (κ3) is 4.25. The fourth-order valence-corrected chi connectivity index (χ4v) is 3.50. The molecular weight excluding hydrogens is 313 g/mol. The highest BCUT2D eigenvalue weighted by Crippen LogP contribution is 2.30. The van der Waals surface area contributed by atoms with Crippen LogP contribution in [0.15, 0.2) is 24.3 Å². The molecule has 0 aromatic heterocycles. The molecule has 3 rings (SSSR count). The summed E-state index contributed by atoms with van der Waals surface area (Å²) in [6, 6.07) is 6.14. The van der Waals surface area contributed by atoms with Crippen LogP contribution in [0.1, 0.15) is 19.3 Å². The zero-order valence-corrected chi connectivity index (χ0v) is 14.2. The van der Waals surface area contributed by atoms with E-state index in [1.54, 1.807) is 19.2 Å². The normalized spacial score (nSPS) is 27.3. The second-order valence-corrected chi connectivity index (χ2v) is 6.93. The summed E-state index contributed by atoms with van der Waals surface area (Å²) in [4.78, 5) is 2.23. The van der Waals surface area contributed by atoms with Crippen molar-refractivity contribution in [3.8, 4) is 5.75 Å². The first-order valence-corrected chi connectivity index (χ1v) is 8.49. The molecule has 0 spiro atoms. The van der Waals surface area contributed by atoms with Crippen molar-refractivity contribution in [2.75, 3.05) is 46.6 Å². The third-order valence-corrected chi connectivity index (χ3v) is 5.07. The molecule has 5 nitrogen and oxygen atoms in total. The zero-order valence-electron chi connectivity index (χ0n) is 14.2. The van der Waals surface area contributed by atoms with E-state index in [0.717, 1.165) is 13.0 Å². The molecule has 2 aliphatic rings. The molecule has 2 heterocycles. The van der Waals surface area contributed by atoms with Crippen LogP contribution in [0.5, 0.6) is 5.75 Å². The number of β-amino-alcohol motifs (C(OH)–C–C–N with tert-alkyl or cyclic N) is 1. The number of aliphatic hydroxyl groups is 1. The maximum Gasteiger partial charge on any atom is 0.126 e. The van der Waals surface area contributed by atoms with Crippen molar-refractivity contribution in [1.82, 2.24) is 4.90 Å². The lowest BCUT2D eigenvalue weighted by Gasteiger charge is -2.36. The predicted octanol–water partition coefficient (Wildman–Crippen LogP) is 1.84. The van der Waals surface area contributed by atoms with Gasteiger partial charge in [0.25, 0.3) is 0 Å². The second-order valence-electron chi connectivity index (χ2n) is 6.93. The molecule has 1 aromatic carbocycles. The van der Waals surface area contributed by atoms with Crippen molar-refractivity contribution in [2.45, 2.75) is 30.5 Å². The van der Waals surface area contributed by atoms with Gasteiger partial charge in [-0.2, -0.15) is 0 Å². The average Bonchev–Trinajstić information content (AvgIpc) is 2.97. The Kier molecular flexibility index (Phi) is 5.39. The van der Waals surface area contributed by atoms with E-state index < -0.39 is 11.2 Å². The molecule has 0 aliphatic carbocycles. The monoisotopic (exact) mass is 339 g/mol. The van der Waals surface area contributed by atoms with Crippen LogP contribution in [0.25, 0.3) is 0 Å². The van der Waals surface area contributed by atoms with Gasteiger partial charge in [-0.3, -0.25) is 4.90 Å². The third-order valence-electron chi connectivity index (χ3n) is 5.07. The van der Waals surface area contributed by atoms with E-state index in [1.807, 2.05) is 0 Å². The van der Waals surface area contributed by atoms with E-state index in [4.69, 9.17) is 14.2 Å². The molecule has 1 aromatic rings. The molecule has 1 atom stereocenters. The number of likely N-dealkylation sites (tertiary alicyclic amines) is 1. The number of hydrogen-bond acceptors (Lipinski definition) is 5. The van der Waals surface area contributed by atoms with Crippen molar-refractivity contribution in [3.63, 3.8) is 0 Å². The number of methoxy groups -OCH3 is 1. The van der Waals surface area contributed by atoms with Gasteiger partial charge in [-0.1, -0.05) is 6.07 Å². The molecule has 1 N–H and O–H groups in total. The summed E-state index contributed by atoms with van der Waals surface area (Å²) in [7, 11) is 1.68. The van der Waals surface area contributed by atoms with Crippen LogP contribution in [0.2, 0.25) is 0 Å². The highest BCUT2D eigenvalue weighted by Gasteiger charge is 2.42. The molecule has 0 saturated carbocycles. The topological polar surface area (TPSA) is 51.2 Å². The number of benzene rings is 1. The SMILES string of the molecule is COC1(COc2cccc(F)c2)CCN(CC2(O)CCOCC2)C1. The Bertz CT molecular complexity index is 550. The second kappa shape index (κ2) is 7.35. The average molecular weight is 339 g/mol. The number of hydrogen-bond donors (Lipinski definition) is 1. The van der Waals surface area contributed by atoms with Gasteiger partial charge in [0.1, 0.15) is 23.8 Å². The van der Waals surface area contributed by atoms with Crippen molar-refractivity contribution < 1.29 is 23.7 Å². The van der Waals surface area contributed by atoms with Crippen LogP contribution in [0.3, 0.4) is 0 Å². The maximum atomic E-state index is 13.3. The number of nitrogens with zero attached hydrogens (tertiary/aromatic N) is 1. The van der Waals surface area contributed by atoms with E-state index >= 15 is 0 Å². The highest BCUT2D eigenvalue weighted by molar-refractivity contribution is 5.22. The zero-order chi connectivity index (χ0) is 17.0. The molecule has 0 amide bonds. The first-order valence-electron chi connectivity index (χ1n) is 8.49. The van der Waals surface area contributed by atoms with Crippen LogP contribution in [0, 0.1) is 5.82 Å². The van der Waals surface area contributed by atoms with Gasteiger partial charge in [-0.05, 0) is 18.6 Å². The largest absolute Gasteiger partial charge is 0.490 e. The quantitative estimate of drug-likeness (QED) is 0.857. The molecule has 2 fully saturated rings. The number of halogens is 1. The molecule has 24 heavy (non-hydrogen) atoms. The van der Waals surface area contributed by atoms with Gasteiger partial charge < -0.3 is 19.3 Å². The molecule has 1 unspecified atom stereocenters. The Hall–Kier alpha value is -1.21. The lowest BCUT2D eigenvalue weighted by atomic mass is 9.94. The summed E-state index contributed by atoms with van der Waals surface area (Å²) in [5, 5.41) is 10.7. The molecular formula is C18H26FNO4. The maximum absolute atomic E-state index is 13.3. The van der Waals surface area contributed by atoms with Crippen LogP contribution >= 0.6 is 0 Å². The molecule has 6 heteroatoms. The molecule has 2 saturated heterocycles. The van der Waals surface area contributed by atoms with E-state index in [1.165, 1.54) is 12.1 Å². The van der Waals surface area contributed by atoms with E-state index in [0.29, 0.717) is 51.5 Å². The van der Waals surface area contributed by atoms with Gasteiger partial charge >= 0.3 is 0 Å². The highest BCUT2D eigenvalue weighted by atomic mass is 19.1. The number of ether oxygens (including phenoxy) is 3. The fourth-order valence-electron chi connectivity index (χ4n) is 3.50. The first-order chi connectivity index (χ1) is 11.5. The smallest absolute Gasteiger partial charge is 0.126 e. The van der Waals surface area contributed by atoms with Gasteiger partial charge in [0.15, 0.2) is 0 Å². The number of rotatable bonds is 6. The van der Waals surface area contributed by atoms with Crippen molar-refractivity contribution in [3.05, 3.63) is 30.1 Å². The summed E-state index contributed by atoms with van der Waals surface area (Å²) in [6.07, 6.45) is 2.16. The van der Waals surface area contributed by atoms with Gasteiger partial charge in [-0.15, -0.1) is 0 Å². The Morgan fingerprint density at radius 3 is 2.79 bits per heavy atom. The van der Waals surface area contributed by atoms with Crippen molar-refractivity contribution in [1.29, 1.82) is 0 Å². The lowest BCUT2D eigenvalue weighted by molar-refractivity contribution is -0.0837. The van der Waals surface area contributed by atoms with Crippen molar-refractivity contribution >= 4 is 0 Å². The standard InChI is InChI=1S/C18H26FNO4/c1-22-18(14-24-16-4-2-3-15(19)11-16)5-8-20(13-18)12-17(21)6-9-23-10-7-17/h2-4,11,21H,5-10,12-14H2,1H3. The van der Waals surface area contributed by atoms with Crippen LogP contribution in [-0.4, -0.2) is 67.8 Å². The minimum atomic E-state index is -0.675. The van der Waals surface area contributed by atoms with E-state index in [2.05, 4.69) is 4.90 Å². The van der Waals surface area contributed by atoms with Gasteiger partial charge in [0.05, 0.1) is 5.60 Å². The van der Waals surface area contributed by atoms with E-state index in [-0.39, 0.29) is 5.82 Å².